The summed E-state index contributed by atoms with van der Waals surface area (Å²) in [7, 11) is 0. The molecule has 4 nitrogen and oxygen atoms in total. The summed E-state index contributed by atoms with van der Waals surface area (Å²) in [6, 6.07) is 5.51. The summed E-state index contributed by atoms with van der Waals surface area (Å²) in [6.45, 7) is 0.393. The normalized spacial score (nSPS) is 10.8. The molecule has 7 heteroatoms. The average molecular weight is 324 g/mol. The van der Waals surface area contributed by atoms with E-state index in [4.69, 9.17) is 17.3 Å². The molecule has 0 spiro atoms. The highest BCUT2D eigenvalue weighted by molar-refractivity contribution is 7.21. The number of nitrogens with two attached hydrogens (primary N) is 1. The molecule has 3 aromatic rings. The van der Waals surface area contributed by atoms with E-state index in [1.54, 1.807) is 11.6 Å². The van der Waals surface area contributed by atoms with E-state index in [-0.39, 0.29) is 5.91 Å². The van der Waals surface area contributed by atoms with Gasteiger partial charge in [0.2, 0.25) is 0 Å². The maximum Gasteiger partial charge on any atom is 0.263 e. The number of amides is 1. The number of benzene rings is 1. The van der Waals surface area contributed by atoms with E-state index in [2.05, 4.69) is 10.3 Å². The van der Waals surface area contributed by atoms with E-state index < -0.39 is 0 Å². The van der Waals surface area contributed by atoms with Crippen molar-refractivity contribution in [2.45, 2.75) is 6.54 Å². The third kappa shape index (κ3) is 2.37. The summed E-state index contributed by atoms with van der Waals surface area (Å²) in [4.78, 5) is 16.8. The monoisotopic (exact) mass is 323 g/mol. The molecule has 0 fully saturated rings. The topological polar surface area (TPSA) is 68.0 Å². The summed E-state index contributed by atoms with van der Waals surface area (Å²) in [5.74, 6) is -0.201. The van der Waals surface area contributed by atoms with E-state index in [9.17, 15) is 4.79 Å². The predicted molar refractivity (Wildman–Crippen MR) is 84.5 cm³/mol. The highest BCUT2D eigenvalue weighted by Crippen LogP contribution is 2.37. The number of aromatic nitrogens is 1. The summed E-state index contributed by atoms with van der Waals surface area (Å²) >= 11 is 8.96. The molecule has 1 amide bonds. The van der Waals surface area contributed by atoms with Crippen LogP contribution in [-0.2, 0) is 6.54 Å². The fraction of sp³-hybridized carbons (Fsp3) is 0.0769. The Kier molecular flexibility index (Phi) is 3.60. The van der Waals surface area contributed by atoms with Crippen LogP contribution in [0.5, 0.6) is 0 Å². The first-order valence-electron chi connectivity index (χ1n) is 5.78. The quantitative estimate of drug-likeness (QED) is 0.775. The van der Waals surface area contributed by atoms with Crippen molar-refractivity contribution in [3.05, 3.63) is 44.7 Å². The zero-order valence-electron chi connectivity index (χ0n) is 10.2. The molecule has 0 aliphatic carbocycles. The molecule has 0 aliphatic heterocycles. The Bertz CT molecular complexity index is 767. The Labute approximate surface area is 128 Å². The van der Waals surface area contributed by atoms with Crippen LogP contribution in [0.25, 0.3) is 10.1 Å². The molecule has 2 aromatic heterocycles. The number of rotatable bonds is 3. The molecule has 3 rings (SSSR count). The van der Waals surface area contributed by atoms with Crippen molar-refractivity contribution >= 4 is 56.0 Å². The van der Waals surface area contributed by atoms with Gasteiger partial charge in [-0.05, 0) is 12.1 Å². The molecule has 102 valence electrons. The van der Waals surface area contributed by atoms with Gasteiger partial charge in [0.25, 0.3) is 5.91 Å². The van der Waals surface area contributed by atoms with Crippen molar-refractivity contribution in [2.75, 3.05) is 5.73 Å². The highest BCUT2D eigenvalue weighted by atomic mass is 35.5. The molecule has 0 bridgehead atoms. The van der Waals surface area contributed by atoms with Crippen LogP contribution < -0.4 is 11.1 Å². The van der Waals surface area contributed by atoms with Crippen LogP contribution in [0.3, 0.4) is 0 Å². The molecule has 0 saturated heterocycles. The third-order valence-electron chi connectivity index (χ3n) is 2.82. The van der Waals surface area contributed by atoms with Gasteiger partial charge in [0, 0.05) is 15.5 Å². The van der Waals surface area contributed by atoms with Crippen molar-refractivity contribution < 1.29 is 4.79 Å². The van der Waals surface area contributed by atoms with Crippen LogP contribution in [0.2, 0.25) is 5.02 Å². The Hall–Kier alpha value is -1.63. The minimum Gasteiger partial charge on any atom is -0.397 e. The number of nitrogen functional groups attached to an aromatic ring is 1. The zero-order valence-corrected chi connectivity index (χ0v) is 12.6. The summed E-state index contributed by atoms with van der Waals surface area (Å²) in [6.07, 6.45) is 0. The summed E-state index contributed by atoms with van der Waals surface area (Å²) < 4.78 is 0.911. The fourth-order valence-electron chi connectivity index (χ4n) is 1.87. The van der Waals surface area contributed by atoms with Crippen molar-refractivity contribution in [3.8, 4) is 0 Å². The zero-order chi connectivity index (χ0) is 14.1. The predicted octanol–water partition coefficient (Wildman–Crippen LogP) is 3.52. The van der Waals surface area contributed by atoms with Gasteiger partial charge in [0.05, 0.1) is 28.5 Å². The number of thiophene rings is 1. The Morgan fingerprint density at radius 1 is 1.45 bits per heavy atom. The second kappa shape index (κ2) is 5.40. The van der Waals surface area contributed by atoms with E-state index >= 15 is 0 Å². The standard InChI is InChI=1S/C13H10ClN3OS2/c14-8-2-1-3-9-10(8)11(15)12(20-9)13(18)16-4-7-5-19-6-17-7/h1-3,5-6H,4,15H2,(H,16,18). The molecule has 2 heterocycles. The summed E-state index contributed by atoms with van der Waals surface area (Å²) in [5, 5.41) is 6.02. The van der Waals surface area contributed by atoms with Crippen LogP contribution in [-0.4, -0.2) is 10.9 Å². The van der Waals surface area contributed by atoms with Gasteiger partial charge >= 0.3 is 0 Å². The van der Waals surface area contributed by atoms with Gasteiger partial charge in [-0.3, -0.25) is 4.79 Å². The van der Waals surface area contributed by atoms with Gasteiger partial charge in [-0.15, -0.1) is 22.7 Å². The molecule has 0 radical (unpaired) electrons. The van der Waals surface area contributed by atoms with Crippen molar-refractivity contribution in [1.82, 2.24) is 10.3 Å². The summed E-state index contributed by atoms with van der Waals surface area (Å²) in [5.41, 5.74) is 9.04. The smallest absolute Gasteiger partial charge is 0.263 e. The Morgan fingerprint density at radius 3 is 3.00 bits per heavy atom. The number of hydrogen-bond acceptors (Lipinski definition) is 5. The molecule has 20 heavy (non-hydrogen) atoms. The number of hydrogen-bond donors (Lipinski definition) is 2. The Morgan fingerprint density at radius 2 is 2.30 bits per heavy atom. The minimum absolute atomic E-state index is 0.201. The fourth-order valence-corrected chi connectivity index (χ4v) is 3.83. The lowest BCUT2D eigenvalue weighted by Crippen LogP contribution is -2.22. The number of carbonyl (C=O) groups is 1. The first kappa shape index (κ1) is 13.4. The van der Waals surface area contributed by atoms with Crippen LogP contribution in [0, 0.1) is 0 Å². The lowest BCUT2D eigenvalue weighted by molar-refractivity contribution is 0.0955. The minimum atomic E-state index is -0.201. The molecular formula is C13H10ClN3OS2. The molecule has 0 atom stereocenters. The van der Waals surface area contributed by atoms with Crippen molar-refractivity contribution in [1.29, 1.82) is 0 Å². The van der Waals surface area contributed by atoms with E-state index in [0.29, 0.717) is 22.1 Å². The number of halogens is 1. The molecule has 0 unspecified atom stereocenters. The third-order valence-corrected chi connectivity index (χ3v) is 4.94. The van der Waals surface area contributed by atoms with Crippen LogP contribution >= 0.6 is 34.3 Å². The second-order valence-corrected chi connectivity index (χ2v) is 6.30. The first-order valence-corrected chi connectivity index (χ1v) is 7.92. The molecule has 3 N–H and O–H groups in total. The molecule has 0 saturated carbocycles. The van der Waals surface area contributed by atoms with Gasteiger partial charge in [-0.25, -0.2) is 4.98 Å². The van der Waals surface area contributed by atoms with Gasteiger partial charge in [0.15, 0.2) is 0 Å². The van der Waals surface area contributed by atoms with Gasteiger partial charge in [-0.1, -0.05) is 17.7 Å². The molecular weight excluding hydrogens is 314 g/mol. The number of nitrogens with one attached hydrogen (secondary N) is 1. The lowest BCUT2D eigenvalue weighted by atomic mass is 10.2. The molecule has 0 aliphatic rings. The number of carbonyl (C=O) groups excluding carboxylic acids is 1. The second-order valence-electron chi connectivity index (χ2n) is 4.12. The number of thiazole rings is 1. The maximum absolute atomic E-state index is 12.2. The molecule has 1 aromatic carbocycles. The SMILES string of the molecule is Nc1c(C(=O)NCc2cscn2)sc2cccc(Cl)c12. The van der Waals surface area contributed by atoms with Crippen LogP contribution in [0.15, 0.2) is 29.1 Å². The lowest BCUT2D eigenvalue weighted by Gasteiger charge is -2.02. The Balaban J connectivity index is 1.88. The van der Waals surface area contributed by atoms with E-state index in [1.807, 2.05) is 17.5 Å². The number of nitrogens with zero attached hydrogens (tertiary/aromatic N) is 1. The number of fused-ring (bicyclic) bond motifs is 1. The van der Waals surface area contributed by atoms with Crippen molar-refractivity contribution in [2.24, 2.45) is 0 Å². The van der Waals surface area contributed by atoms with Crippen molar-refractivity contribution in [3.63, 3.8) is 0 Å². The van der Waals surface area contributed by atoms with E-state index in [1.165, 1.54) is 22.7 Å². The number of anilines is 1. The van der Waals surface area contributed by atoms with E-state index in [0.717, 1.165) is 15.8 Å². The first-order chi connectivity index (χ1) is 9.66. The van der Waals surface area contributed by atoms with Gasteiger partial charge in [0.1, 0.15) is 4.88 Å². The largest absolute Gasteiger partial charge is 0.397 e. The van der Waals surface area contributed by atoms with Crippen LogP contribution in [0.1, 0.15) is 15.4 Å². The highest BCUT2D eigenvalue weighted by Gasteiger charge is 2.17. The van der Waals surface area contributed by atoms with Gasteiger partial charge in [-0.2, -0.15) is 0 Å². The average Bonchev–Trinajstić information content (AvgIpc) is 3.05. The van der Waals surface area contributed by atoms with Gasteiger partial charge < -0.3 is 11.1 Å². The maximum atomic E-state index is 12.2. The van der Waals surface area contributed by atoms with Crippen LogP contribution in [0.4, 0.5) is 5.69 Å².